The maximum Gasteiger partial charge on any atom is 0.0964 e. The molecular weight excluding hydrogens is 188 g/mol. The van der Waals surface area contributed by atoms with Crippen molar-refractivity contribution < 1.29 is 10.2 Å². The Labute approximate surface area is 91.7 Å². The van der Waals surface area contributed by atoms with Gasteiger partial charge in [-0.15, -0.1) is 0 Å². The van der Waals surface area contributed by atoms with Crippen LogP contribution in [0.25, 0.3) is 0 Å². The molecule has 0 spiro atoms. The van der Waals surface area contributed by atoms with Crippen LogP contribution in [-0.2, 0) is 0 Å². The van der Waals surface area contributed by atoms with Gasteiger partial charge in [0.15, 0.2) is 0 Å². The van der Waals surface area contributed by atoms with Gasteiger partial charge in [0, 0.05) is 0 Å². The summed E-state index contributed by atoms with van der Waals surface area (Å²) in [6.45, 7) is 0. The molecule has 3 rings (SSSR count). The minimum absolute atomic E-state index is 0.400. The normalized spacial score (nSPS) is 54.8. The van der Waals surface area contributed by atoms with Crippen LogP contribution in [0.1, 0.15) is 57.8 Å². The number of aliphatic hydroxyl groups is 2. The first-order valence-corrected chi connectivity index (χ1v) is 6.60. The van der Waals surface area contributed by atoms with Gasteiger partial charge in [-0.2, -0.15) is 0 Å². The van der Waals surface area contributed by atoms with Crippen LogP contribution >= 0.6 is 0 Å². The Balaban J connectivity index is 1.94. The second-order valence-electron chi connectivity index (χ2n) is 6.02. The lowest BCUT2D eigenvalue weighted by Crippen LogP contribution is -2.55. The fourth-order valence-corrected chi connectivity index (χ4v) is 4.58. The molecule has 15 heavy (non-hydrogen) atoms. The first-order valence-electron chi connectivity index (χ1n) is 6.60. The molecule has 0 aromatic carbocycles. The Morgan fingerprint density at radius 2 is 1.60 bits per heavy atom. The van der Waals surface area contributed by atoms with Gasteiger partial charge in [-0.25, -0.2) is 0 Å². The molecule has 4 atom stereocenters. The molecule has 0 heterocycles. The zero-order valence-electron chi connectivity index (χ0n) is 9.41. The van der Waals surface area contributed by atoms with E-state index in [1.165, 1.54) is 19.3 Å². The van der Waals surface area contributed by atoms with E-state index in [4.69, 9.17) is 0 Å². The maximum absolute atomic E-state index is 10.8. The van der Waals surface area contributed by atoms with Crippen molar-refractivity contribution in [1.29, 1.82) is 0 Å². The Kier molecular flexibility index (Phi) is 2.16. The van der Waals surface area contributed by atoms with Crippen molar-refractivity contribution in [2.75, 3.05) is 0 Å². The third-order valence-corrected chi connectivity index (χ3v) is 5.33. The third kappa shape index (κ3) is 1.24. The number of hydrogen-bond donors (Lipinski definition) is 2. The van der Waals surface area contributed by atoms with Crippen molar-refractivity contribution in [3.05, 3.63) is 0 Å². The lowest BCUT2D eigenvalue weighted by molar-refractivity contribution is -0.174. The molecule has 0 aromatic rings. The SMILES string of the molecule is OC12CCCCC1(O)C1CCCCC1C2. The van der Waals surface area contributed by atoms with Crippen molar-refractivity contribution in [3.63, 3.8) is 0 Å². The lowest BCUT2D eigenvalue weighted by Gasteiger charge is -2.45. The van der Waals surface area contributed by atoms with E-state index < -0.39 is 11.2 Å². The van der Waals surface area contributed by atoms with Gasteiger partial charge in [0.2, 0.25) is 0 Å². The Morgan fingerprint density at radius 1 is 0.867 bits per heavy atom. The van der Waals surface area contributed by atoms with E-state index in [1.807, 2.05) is 0 Å². The summed E-state index contributed by atoms with van der Waals surface area (Å²) >= 11 is 0. The van der Waals surface area contributed by atoms with E-state index in [0.29, 0.717) is 11.8 Å². The summed E-state index contributed by atoms with van der Waals surface area (Å²) in [6.07, 6.45) is 9.65. The molecule has 0 aromatic heterocycles. The highest BCUT2D eigenvalue weighted by Gasteiger charge is 2.62. The van der Waals surface area contributed by atoms with Gasteiger partial charge in [0.25, 0.3) is 0 Å². The van der Waals surface area contributed by atoms with E-state index in [-0.39, 0.29) is 0 Å². The summed E-state index contributed by atoms with van der Waals surface area (Å²) in [7, 11) is 0. The predicted molar refractivity (Wildman–Crippen MR) is 58.4 cm³/mol. The molecule has 0 amide bonds. The Morgan fingerprint density at radius 3 is 2.47 bits per heavy atom. The van der Waals surface area contributed by atoms with Crippen molar-refractivity contribution in [2.45, 2.75) is 69.0 Å². The van der Waals surface area contributed by atoms with Gasteiger partial charge < -0.3 is 10.2 Å². The van der Waals surface area contributed by atoms with Crippen LogP contribution < -0.4 is 0 Å². The number of hydrogen-bond acceptors (Lipinski definition) is 2. The molecular formula is C13H22O2. The zero-order chi connectivity index (χ0) is 10.5. The minimum Gasteiger partial charge on any atom is -0.387 e. The van der Waals surface area contributed by atoms with Crippen LogP contribution in [0.4, 0.5) is 0 Å². The van der Waals surface area contributed by atoms with Crippen LogP contribution in [0.15, 0.2) is 0 Å². The van der Waals surface area contributed by atoms with Gasteiger partial charge in [0.1, 0.15) is 0 Å². The summed E-state index contributed by atoms with van der Waals surface area (Å²) in [5.41, 5.74) is -1.46. The topological polar surface area (TPSA) is 40.5 Å². The Bertz CT molecular complexity index is 265. The monoisotopic (exact) mass is 210 g/mol. The lowest BCUT2D eigenvalue weighted by atomic mass is 9.68. The molecule has 0 saturated heterocycles. The molecule has 3 aliphatic carbocycles. The van der Waals surface area contributed by atoms with E-state index in [9.17, 15) is 10.2 Å². The van der Waals surface area contributed by atoms with Crippen LogP contribution in [0.2, 0.25) is 0 Å². The third-order valence-electron chi connectivity index (χ3n) is 5.33. The predicted octanol–water partition coefficient (Wildman–Crippen LogP) is 2.23. The molecule has 0 bridgehead atoms. The van der Waals surface area contributed by atoms with Crippen LogP contribution in [-0.4, -0.2) is 21.4 Å². The van der Waals surface area contributed by atoms with Gasteiger partial charge in [-0.1, -0.05) is 25.7 Å². The fraction of sp³-hybridized carbons (Fsp3) is 1.00. The number of fused-ring (bicyclic) bond motifs is 3. The largest absolute Gasteiger partial charge is 0.387 e. The molecule has 3 aliphatic rings. The second kappa shape index (κ2) is 3.21. The van der Waals surface area contributed by atoms with Gasteiger partial charge in [0.05, 0.1) is 11.2 Å². The van der Waals surface area contributed by atoms with E-state index in [2.05, 4.69) is 0 Å². The highest BCUT2D eigenvalue weighted by molar-refractivity contribution is 5.14. The van der Waals surface area contributed by atoms with Crippen molar-refractivity contribution >= 4 is 0 Å². The quantitative estimate of drug-likeness (QED) is 0.643. The van der Waals surface area contributed by atoms with Gasteiger partial charge in [-0.05, 0) is 43.9 Å². The summed E-state index contributed by atoms with van der Waals surface area (Å²) < 4.78 is 0. The van der Waals surface area contributed by atoms with Gasteiger partial charge >= 0.3 is 0 Å². The molecule has 0 radical (unpaired) electrons. The average Bonchev–Trinajstić information content (AvgIpc) is 2.47. The molecule has 86 valence electrons. The molecule has 2 N–H and O–H groups in total. The summed E-state index contributed by atoms with van der Waals surface area (Å²) in [5, 5.41) is 21.5. The summed E-state index contributed by atoms with van der Waals surface area (Å²) in [5.74, 6) is 1.00. The summed E-state index contributed by atoms with van der Waals surface area (Å²) in [6, 6.07) is 0. The maximum atomic E-state index is 10.8. The first kappa shape index (κ1) is 10.1. The molecule has 2 heteroatoms. The Hall–Kier alpha value is -0.0800. The van der Waals surface area contributed by atoms with Gasteiger partial charge in [-0.3, -0.25) is 0 Å². The van der Waals surface area contributed by atoms with E-state index in [0.717, 1.165) is 38.5 Å². The van der Waals surface area contributed by atoms with Crippen molar-refractivity contribution in [1.82, 2.24) is 0 Å². The van der Waals surface area contributed by atoms with Crippen molar-refractivity contribution in [2.24, 2.45) is 11.8 Å². The highest BCUT2D eigenvalue weighted by Crippen LogP contribution is 2.58. The smallest absolute Gasteiger partial charge is 0.0964 e. The van der Waals surface area contributed by atoms with E-state index >= 15 is 0 Å². The molecule has 3 saturated carbocycles. The number of rotatable bonds is 0. The molecule has 0 aliphatic heterocycles. The standard InChI is InChI=1S/C13H22O2/c14-12-7-3-4-8-13(12,15)11-6-2-1-5-10(11)9-12/h10-11,14-15H,1-9H2. The van der Waals surface area contributed by atoms with Crippen LogP contribution in [0.5, 0.6) is 0 Å². The molecule has 2 nitrogen and oxygen atoms in total. The molecule has 4 unspecified atom stereocenters. The van der Waals surface area contributed by atoms with Crippen molar-refractivity contribution in [3.8, 4) is 0 Å². The van der Waals surface area contributed by atoms with E-state index in [1.54, 1.807) is 0 Å². The average molecular weight is 210 g/mol. The van der Waals surface area contributed by atoms with Crippen LogP contribution in [0, 0.1) is 11.8 Å². The second-order valence-corrected chi connectivity index (χ2v) is 6.02. The highest BCUT2D eigenvalue weighted by atomic mass is 16.4. The first-order chi connectivity index (χ1) is 7.16. The van der Waals surface area contributed by atoms with Crippen LogP contribution in [0.3, 0.4) is 0 Å². The fourth-order valence-electron chi connectivity index (χ4n) is 4.58. The molecule has 3 fully saturated rings. The summed E-state index contributed by atoms with van der Waals surface area (Å²) in [4.78, 5) is 0. The minimum atomic E-state index is -0.731. The zero-order valence-corrected chi connectivity index (χ0v) is 9.41.